The Balaban J connectivity index is 2.28. The minimum atomic E-state index is -0.350. The fraction of sp³-hybridized carbons (Fsp3) is 0.154. The number of rotatable bonds is 4. The van der Waals surface area contributed by atoms with E-state index in [2.05, 4.69) is 27.6 Å². The lowest BCUT2D eigenvalue weighted by Gasteiger charge is -2.19. The van der Waals surface area contributed by atoms with E-state index in [0.717, 1.165) is 9.13 Å². The Morgan fingerprint density at radius 1 is 1.42 bits per heavy atom. The first-order valence-corrected chi connectivity index (χ1v) is 6.70. The van der Waals surface area contributed by atoms with Crippen LogP contribution in [0.5, 0.6) is 0 Å². The summed E-state index contributed by atoms with van der Waals surface area (Å²) < 4.78 is 0.850. The maximum Gasteiger partial charge on any atom is 0.293 e. The van der Waals surface area contributed by atoms with Gasteiger partial charge in [0.2, 0.25) is 0 Å². The molecule has 0 fully saturated rings. The number of pyridine rings is 1. The number of halogens is 1. The van der Waals surface area contributed by atoms with Gasteiger partial charge in [-0.1, -0.05) is 6.07 Å². The van der Waals surface area contributed by atoms with Crippen molar-refractivity contribution in [2.75, 3.05) is 11.9 Å². The zero-order chi connectivity index (χ0) is 13.8. The SMILES string of the molecule is CN(Cc1cccnc1)c1ccc(I)cc1[N+](=O)[O-]. The molecule has 1 aromatic heterocycles. The summed E-state index contributed by atoms with van der Waals surface area (Å²) in [7, 11) is 1.84. The molecular formula is C13H12IN3O2. The largest absolute Gasteiger partial charge is 0.365 e. The third-order valence-corrected chi connectivity index (χ3v) is 3.36. The normalized spacial score (nSPS) is 10.2. The Hall–Kier alpha value is -1.70. The van der Waals surface area contributed by atoms with E-state index in [0.29, 0.717) is 12.2 Å². The second-order valence-corrected chi connectivity index (χ2v) is 5.35. The molecule has 0 aliphatic heterocycles. The summed E-state index contributed by atoms with van der Waals surface area (Å²) in [6.07, 6.45) is 3.46. The standard InChI is InChI=1S/C13H12IN3O2/c1-16(9-10-3-2-6-15-8-10)12-5-4-11(14)7-13(12)17(18)19/h2-8H,9H2,1H3. The van der Waals surface area contributed by atoms with Crippen LogP contribution in [-0.2, 0) is 6.54 Å². The highest BCUT2D eigenvalue weighted by Gasteiger charge is 2.17. The van der Waals surface area contributed by atoms with E-state index in [-0.39, 0.29) is 10.6 Å². The van der Waals surface area contributed by atoms with Crippen LogP contribution in [0.4, 0.5) is 11.4 Å². The summed E-state index contributed by atoms with van der Waals surface area (Å²) in [6, 6.07) is 9.02. The maximum atomic E-state index is 11.1. The van der Waals surface area contributed by atoms with Crippen LogP contribution in [0, 0.1) is 13.7 Å². The van der Waals surface area contributed by atoms with Crippen LogP contribution >= 0.6 is 22.6 Å². The lowest BCUT2D eigenvalue weighted by molar-refractivity contribution is -0.384. The van der Waals surface area contributed by atoms with Crippen molar-refractivity contribution in [1.29, 1.82) is 0 Å². The lowest BCUT2D eigenvalue weighted by atomic mass is 10.2. The van der Waals surface area contributed by atoms with E-state index in [1.165, 1.54) is 0 Å². The molecule has 0 bridgehead atoms. The first-order valence-electron chi connectivity index (χ1n) is 5.62. The number of aromatic nitrogens is 1. The van der Waals surface area contributed by atoms with Gasteiger partial charge in [0.25, 0.3) is 5.69 Å². The summed E-state index contributed by atoms with van der Waals surface area (Å²) in [4.78, 5) is 16.6. The molecule has 19 heavy (non-hydrogen) atoms. The van der Waals surface area contributed by atoms with Gasteiger partial charge in [-0.3, -0.25) is 15.1 Å². The van der Waals surface area contributed by atoms with Gasteiger partial charge >= 0.3 is 0 Å². The molecule has 0 aliphatic rings. The first kappa shape index (κ1) is 13.7. The van der Waals surface area contributed by atoms with Crippen LogP contribution in [0.25, 0.3) is 0 Å². The van der Waals surface area contributed by atoms with Gasteiger partial charge in [0.15, 0.2) is 0 Å². The van der Waals surface area contributed by atoms with Gasteiger partial charge in [-0.2, -0.15) is 0 Å². The Bertz CT molecular complexity index is 590. The molecular weight excluding hydrogens is 357 g/mol. The summed E-state index contributed by atoms with van der Waals surface area (Å²) in [6.45, 7) is 0.579. The molecule has 0 radical (unpaired) electrons. The van der Waals surface area contributed by atoms with Crippen LogP contribution < -0.4 is 4.90 Å². The van der Waals surface area contributed by atoms with E-state index in [4.69, 9.17) is 0 Å². The molecule has 98 valence electrons. The van der Waals surface area contributed by atoms with Gasteiger partial charge in [0.1, 0.15) is 5.69 Å². The second-order valence-electron chi connectivity index (χ2n) is 4.11. The van der Waals surface area contributed by atoms with Crippen molar-refractivity contribution < 1.29 is 4.92 Å². The summed E-state index contributed by atoms with van der Waals surface area (Å²) in [5, 5.41) is 11.1. The Morgan fingerprint density at radius 3 is 2.84 bits per heavy atom. The lowest BCUT2D eigenvalue weighted by Crippen LogP contribution is -2.17. The number of nitro benzene ring substituents is 1. The van der Waals surface area contributed by atoms with Gasteiger partial charge < -0.3 is 4.90 Å². The van der Waals surface area contributed by atoms with Gasteiger partial charge in [-0.05, 0) is 46.4 Å². The number of anilines is 1. The number of hydrogen-bond acceptors (Lipinski definition) is 4. The molecule has 2 rings (SSSR count). The van der Waals surface area contributed by atoms with Crippen LogP contribution in [0.1, 0.15) is 5.56 Å². The predicted molar refractivity (Wildman–Crippen MR) is 82.2 cm³/mol. The smallest absolute Gasteiger partial charge is 0.293 e. The third-order valence-electron chi connectivity index (χ3n) is 2.69. The highest BCUT2D eigenvalue weighted by Crippen LogP contribution is 2.29. The first-order chi connectivity index (χ1) is 9.08. The molecule has 0 saturated heterocycles. The van der Waals surface area contributed by atoms with E-state index < -0.39 is 0 Å². The second kappa shape index (κ2) is 5.96. The van der Waals surface area contributed by atoms with Crippen LogP contribution in [0.2, 0.25) is 0 Å². The highest BCUT2D eigenvalue weighted by molar-refractivity contribution is 14.1. The molecule has 0 spiro atoms. The molecule has 0 atom stereocenters. The monoisotopic (exact) mass is 369 g/mol. The molecule has 5 nitrogen and oxygen atoms in total. The van der Waals surface area contributed by atoms with E-state index >= 15 is 0 Å². The topological polar surface area (TPSA) is 59.3 Å². The molecule has 2 aromatic rings. The van der Waals surface area contributed by atoms with Crippen LogP contribution in [0.3, 0.4) is 0 Å². The molecule has 0 amide bonds. The van der Waals surface area contributed by atoms with Crippen molar-refractivity contribution in [2.45, 2.75) is 6.54 Å². The zero-order valence-corrected chi connectivity index (χ0v) is 12.4. The van der Waals surface area contributed by atoms with Crippen molar-refractivity contribution in [1.82, 2.24) is 4.98 Å². The van der Waals surface area contributed by atoms with Gasteiger partial charge in [-0.15, -0.1) is 0 Å². The van der Waals surface area contributed by atoms with E-state index in [9.17, 15) is 10.1 Å². The summed E-state index contributed by atoms with van der Waals surface area (Å²) in [5.41, 5.74) is 1.74. The number of nitrogens with zero attached hydrogens (tertiary/aromatic N) is 3. The van der Waals surface area contributed by atoms with Gasteiger partial charge in [0.05, 0.1) is 4.92 Å². The van der Waals surface area contributed by atoms with E-state index in [1.807, 2.05) is 30.1 Å². The highest BCUT2D eigenvalue weighted by atomic mass is 127. The summed E-state index contributed by atoms with van der Waals surface area (Å²) >= 11 is 2.07. The average molecular weight is 369 g/mol. The van der Waals surface area contributed by atoms with Crippen molar-refractivity contribution in [3.63, 3.8) is 0 Å². The zero-order valence-electron chi connectivity index (χ0n) is 10.3. The molecule has 0 aliphatic carbocycles. The molecule has 1 heterocycles. The quantitative estimate of drug-likeness (QED) is 0.472. The Kier molecular flexibility index (Phi) is 4.31. The van der Waals surface area contributed by atoms with Crippen molar-refractivity contribution in [3.05, 3.63) is 62.0 Å². The fourth-order valence-electron chi connectivity index (χ4n) is 1.82. The molecule has 6 heteroatoms. The van der Waals surface area contributed by atoms with Crippen molar-refractivity contribution in [2.24, 2.45) is 0 Å². The number of nitro groups is 1. The van der Waals surface area contributed by atoms with Crippen LogP contribution in [-0.4, -0.2) is 17.0 Å². The minimum absolute atomic E-state index is 0.123. The van der Waals surface area contributed by atoms with Gasteiger partial charge in [0, 0.05) is 35.6 Å². The van der Waals surface area contributed by atoms with Crippen molar-refractivity contribution >= 4 is 34.0 Å². The maximum absolute atomic E-state index is 11.1. The minimum Gasteiger partial charge on any atom is -0.365 e. The Labute approximate surface area is 124 Å². The molecule has 0 N–H and O–H groups in total. The molecule has 1 aromatic carbocycles. The predicted octanol–water partition coefficient (Wildman–Crippen LogP) is 3.23. The van der Waals surface area contributed by atoms with E-state index in [1.54, 1.807) is 24.5 Å². The summed E-state index contributed by atoms with van der Waals surface area (Å²) in [5.74, 6) is 0. The average Bonchev–Trinajstić information content (AvgIpc) is 2.39. The molecule has 0 unspecified atom stereocenters. The fourth-order valence-corrected chi connectivity index (χ4v) is 2.29. The van der Waals surface area contributed by atoms with Crippen LogP contribution in [0.15, 0.2) is 42.7 Å². The number of benzene rings is 1. The van der Waals surface area contributed by atoms with Crippen molar-refractivity contribution in [3.8, 4) is 0 Å². The third kappa shape index (κ3) is 3.40. The molecule has 0 saturated carbocycles. The Morgan fingerprint density at radius 2 is 2.21 bits per heavy atom. The van der Waals surface area contributed by atoms with Gasteiger partial charge in [-0.25, -0.2) is 0 Å². The number of hydrogen-bond donors (Lipinski definition) is 0.